The van der Waals surface area contributed by atoms with Crippen LogP contribution in [0.25, 0.3) is 0 Å². The lowest BCUT2D eigenvalue weighted by molar-refractivity contribution is 0.184. The third-order valence-electron chi connectivity index (χ3n) is 2.72. The Morgan fingerprint density at radius 3 is 2.50 bits per heavy atom. The fourth-order valence-corrected chi connectivity index (χ4v) is 1.73. The van der Waals surface area contributed by atoms with Gasteiger partial charge < -0.3 is 9.47 Å². The molecule has 5 heteroatoms. The Kier molecular flexibility index (Phi) is 4.63. The third kappa shape index (κ3) is 3.30. The van der Waals surface area contributed by atoms with E-state index in [-0.39, 0.29) is 12.2 Å². The Balaban J connectivity index is 2.09. The smallest absolute Gasteiger partial charge is 0.194 e. The molecule has 0 bridgehead atoms. The van der Waals surface area contributed by atoms with E-state index in [1.165, 1.54) is 0 Å². The lowest BCUT2D eigenvalue weighted by Gasteiger charge is -2.09. The molecule has 0 saturated carbocycles. The van der Waals surface area contributed by atoms with E-state index in [1.807, 2.05) is 6.07 Å². The summed E-state index contributed by atoms with van der Waals surface area (Å²) in [7, 11) is 1.57. The molecule has 0 radical (unpaired) electrons. The fraction of sp³-hybridized carbons (Fsp3) is 0.200. The number of benzene rings is 2. The lowest BCUT2D eigenvalue weighted by atomic mass is 10.2. The molecule has 0 heterocycles. The van der Waals surface area contributed by atoms with Crippen molar-refractivity contribution in [3.8, 4) is 5.75 Å². The van der Waals surface area contributed by atoms with E-state index in [1.54, 1.807) is 25.3 Å². The van der Waals surface area contributed by atoms with Crippen LogP contribution in [0.1, 0.15) is 11.1 Å². The predicted octanol–water partition coefficient (Wildman–Crippen LogP) is 3.83. The van der Waals surface area contributed by atoms with Gasteiger partial charge in [-0.2, -0.15) is 0 Å². The third-order valence-corrected chi connectivity index (χ3v) is 2.72. The van der Waals surface area contributed by atoms with Gasteiger partial charge in [-0.3, -0.25) is 0 Å². The van der Waals surface area contributed by atoms with Crippen LogP contribution < -0.4 is 4.74 Å². The van der Waals surface area contributed by atoms with Crippen LogP contribution in [-0.4, -0.2) is 7.11 Å². The summed E-state index contributed by atoms with van der Waals surface area (Å²) in [6, 6.07) is 9.09. The second kappa shape index (κ2) is 6.43. The normalized spacial score (nSPS) is 10.6. The molecule has 0 aromatic heterocycles. The van der Waals surface area contributed by atoms with Gasteiger partial charge in [-0.1, -0.05) is 12.1 Å². The van der Waals surface area contributed by atoms with Crippen LogP contribution in [0.5, 0.6) is 5.75 Å². The van der Waals surface area contributed by atoms with Crippen molar-refractivity contribution in [2.45, 2.75) is 13.2 Å². The van der Waals surface area contributed by atoms with Crippen LogP contribution in [0.4, 0.5) is 13.2 Å². The Morgan fingerprint density at radius 1 is 0.950 bits per heavy atom. The van der Waals surface area contributed by atoms with Gasteiger partial charge in [-0.25, -0.2) is 13.2 Å². The molecule has 0 aliphatic rings. The monoisotopic (exact) mass is 282 g/mol. The average molecular weight is 282 g/mol. The minimum absolute atomic E-state index is 0.0407. The maximum absolute atomic E-state index is 13.5. The summed E-state index contributed by atoms with van der Waals surface area (Å²) in [5.74, 6) is -3.42. The van der Waals surface area contributed by atoms with E-state index in [2.05, 4.69) is 0 Å². The summed E-state index contributed by atoms with van der Waals surface area (Å²) in [4.78, 5) is 0. The van der Waals surface area contributed by atoms with Crippen LogP contribution in [0.3, 0.4) is 0 Å². The van der Waals surface area contributed by atoms with Gasteiger partial charge in [0.1, 0.15) is 12.4 Å². The lowest BCUT2D eigenvalue weighted by Crippen LogP contribution is -2.02. The van der Waals surface area contributed by atoms with E-state index in [0.717, 1.165) is 17.7 Å². The van der Waals surface area contributed by atoms with Crippen molar-refractivity contribution < 1.29 is 22.6 Å². The van der Waals surface area contributed by atoms with Crippen LogP contribution in [-0.2, 0) is 18.0 Å². The van der Waals surface area contributed by atoms with Gasteiger partial charge in [0.05, 0.1) is 6.61 Å². The molecule has 0 fully saturated rings. The number of methoxy groups -OCH3 is 1. The molecule has 2 aromatic rings. The first kappa shape index (κ1) is 14.4. The van der Waals surface area contributed by atoms with E-state index >= 15 is 0 Å². The van der Waals surface area contributed by atoms with Crippen molar-refractivity contribution in [3.63, 3.8) is 0 Å². The molecule has 2 rings (SSSR count). The number of hydrogen-bond donors (Lipinski definition) is 0. The van der Waals surface area contributed by atoms with Crippen LogP contribution in [0.15, 0.2) is 36.4 Å². The van der Waals surface area contributed by atoms with Gasteiger partial charge in [0.2, 0.25) is 0 Å². The van der Waals surface area contributed by atoms with Crippen LogP contribution >= 0.6 is 0 Å². The Morgan fingerprint density at radius 2 is 1.75 bits per heavy atom. The Labute approximate surface area is 114 Å². The molecule has 0 N–H and O–H groups in total. The first-order valence-corrected chi connectivity index (χ1v) is 5.95. The standard InChI is InChI=1S/C15H13F3O2/c1-19-8-10-3-2-4-12(7-10)20-9-11-5-6-13(16)15(18)14(11)17/h2-7H,8-9H2,1H3. The molecule has 0 spiro atoms. The summed E-state index contributed by atoms with van der Waals surface area (Å²) < 4.78 is 49.7. The van der Waals surface area contributed by atoms with Gasteiger partial charge in [-0.15, -0.1) is 0 Å². The second-order valence-electron chi connectivity index (χ2n) is 4.20. The van der Waals surface area contributed by atoms with E-state index in [0.29, 0.717) is 12.4 Å². The molecule has 20 heavy (non-hydrogen) atoms. The molecule has 0 aliphatic heterocycles. The molecule has 0 unspecified atom stereocenters. The van der Waals surface area contributed by atoms with E-state index in [9.17, 15) is 13.2 Å². The van der Waals surface area contributed by atoms with Crippen molar-refractivity contribution in [2.75, 3.05) is 7.11 Å². The second-order valence-corrected chi connectivity index (χ2v) is 4.20. The minimum Gasteiger partial charge on any atom is -0.489 e. The van der Waals surface area contributed by atoms with Crippen molar-refractivity contribution in [2.24, 2.45) is 0 Å². The van der Waals surface area contributed by atoms with Gasteiger partial charge in [0.15, 0.2) is 17.5 Å². The molecule has 106 valence electrons. The first-order chi connectivity index (χ1) is 9.61. The zero-order valence-corrected chi connectivity index (χ0v) is 10.8. The average Bonchev–Trinajstić information content (AvgIpc) is 2.45. The van der Waals surface area contributed by atoms with E-state index < -0.39 is 17.5 Å². The number of ether oxygens (including phenoxy) is 2. The van der Waals surface area contributed by atoms with Crippen LogP contribution in [0, 0.1) is 17.5 Å². The topological polar surface area (TPSA) is 18.5 Å². The predicted molar refractivity (Wildman–Crippen MR) is 67.8 cm³/mol. The highest BCUT2D eigenvalue weighted by atomic mass is 19.2. The highest BCUT2D eigenvalue weighted by Gasteiger charge is 2.13. The zero-order valence-electron chi connectivity index (χ0n) is 10.8. The molecular formula is C15H13F3O2. The van der Waals surface area contributed by atoms with Crippen LogP contribution in [0.2, 0.25) is 0 Å². The Bertz CT molecular complexity index is 600. The highest BCUT2D eigenvalue weighted by Crippen LogP contribution is 2.19. The number of rotatable bonds is 5. The van der Waals surface area contributed by atoms with Crippen molar-refractivity contribution >= 4 is 0 Å². The van der Waals surface area contributed by atoms with Gasteiger partial charge >= 0.3 is 0 Å². The largest absolute Gasteiger partial charge is 0.489 e. The molecule has 2 aromatic carbocycles. The number of hydrogen-bond acceptors (Lipinski definition) is 2. The maximum Gasteiger partial charge on any atom is 0.194 e. The van der Waals surface area contributed by atoms with E-state index in [4.69, 9.17) is 9.47 Å². The highest BCUT2D eigenvalue weighted by molar-refractivity contribution is 5.29. The molecule has 0 amide bonds. The summed E-state index contributed by atoms with van der Waals surface area (Å²) >= 11 is 0. The summed E-state index contributed by atoms with van der Waals surface area (Å²) in [5.41, 5.74) is 0.858. The summed E-state index contributed by atoms with van der Waals surface area (Å²) in [6.07, 6.45) is 0. The maximum atomic E-state index is 13.5. The van der Waals surface area contributed by atoms with Crippen molar-refractivity contribution in [3.05, 3.63) is 65.0 Å². The molecular weight excluding hydrogens is 269 g/mol. The summed E-state index contributed by atoms with van der Waals surface area (Å²) in [5, 5.41) is 0. The SMILES string of the molecule is COCc1cccc(OCc2ccc(F)c(F)c2F)c1. The first-order valence-electron chi connectivity index (χ1n) is 5.95. The fourth-order valence-electron chi connectivity index (χ4n) is 1.73. The Hall–Kier alpha value is -2.01. The molecule has 0 saturated heterocycles. The van der Waals surface area contributed by atoms with Crippen molar-refractivity contribution in [1.82, 2.24) is 0 Å². The van der Waals surface area contributed by atoms with Gasteiger partial charge in [0, 0.05) is 12.7 Å². The minimum atomic E-state index is -1.49. The molecule has 0 atom stereocenters. The van der Waals surface area contributed by atoms with Gasteiger partial charge in [0.25, 0.3) is 0 Å². The molecule has 0 aliphatic carbocycles. The summed E-state index contributed by atoms with van der Waals surface area (Å²) in [6.45, 7) is 0.246. The van der Waals surface area contributed by atoms with Gasteiger partial charge in [-0.05, 0) is 29.8 Å². The number of halogens is 3. The zero-order chi connectivity index (χ0) is 14.5. The molecule has 2 nitrogen and oxygen atoms in total. The van der Waals surface area contributed by atoms with Crippen molar-refractivity contribution in [1.29, 1.82) is 0 Å². The quantitative estimate of drug-likeness (QED) is 0.776.